The van der Waals surface area contributed by atoms with E-state index in [1.807, 2.05) is 0 Å². The zero-order chi connectivity index (χ0) is 50.3. The molecular weight excluding hydrogens is 867 g/mol. The summed E-state index contributed by atoms with van der Waals surface area (Å²) in [6, 6.07) is -0.891. The standard InChI is InChI=1S/C59H115NO9/c1-3-5-7-9-11-13-15-17-19-20-21-22-23-24-25-26-27-28-29-30-31-32-33-34-36-38-40-42-44-46-48-53(63)58(67)60-51(50-68-59-57(66)56(65)55(64)54(49-61)69-59)52(62)47-45-43-41-39-37-35-18-16-14-12-10-8-6-4-2/h24-25,51-57,59,61-66H,3-23,26-50H2,1-2H3,(H,60,67)/b25-24-. The highest BCUT2D eigenvalue weighted by Gasteiger charge is 2.44. The molecule has 1 aliphatic rings. The summed E-state index contributed by atoms with van der Waals surface area (Å²) < 4.78 is 11.2. The molecule has 1 fully saturated rings. The summed E-state index contributed by atoms with van der Waals surface area (Å²) in [5, 5.41) is 65.2. The normalized spacial score (nSPS) is 19.9. The molecule has 10 nitrogen and oxygen atoms in total. The summed E-state index contributed by atoms with van der Waals surface area (Å²) in [4.78, 5) is 13.1. The molecule has 0 spiro atoms. The van der Waals surface area contributed by atoms with E-state index in [1.165, 1.54) is 225 Å². The number of ether oxygens (including phenoxy) is 2. The van der Waals surface area contributed by atoms with Crippen molar-refractivity contribution in [2.45, 2.75) is 345 Å². The van der Waals surface area contributed by atoms with Crippen molar-refractivity contribution in [1.29, 1.82) is 0 Å². The molecule has 0 aromatic carbocycles. The zero-order valence-electron chi connectivity index (χ0n) is 45.2. The number of hydrogen-bond acceptors (Lipinski definition) is 9. The fraction of sp³-hybridized carbons (Fsp3) is 0.949. The lowest BCUT2D eigenvalue weighted by Crippen LogP contribution is -2.60. The number of aliphatic hydroxyl groups excluding tert-OH is 6. The van der Waals surface area contributed by atoms with Gasteiger partial charge in [-0.25, -0.2) is 0 Å². The molecule has 0 aliphatic carbocycles. The Bertz CT molecular complexity index is 1110. The first-order chi connectivity index (χ1) is 33.8. The first-order valence-corrected chi connectivity index (χ1v) is 30.0. The molecule has 10 heteroatoms. The highest BCUT2D eigenvalue weighted by molar-refractivity contribution is 5.80. The van der Waals surface area contributed by atoms with E-state index >= 15 is 0 Å². The maximum Gasteiger partial charge on any atom is 0.249 e. The van der Waals surface area contributed by atoms with E-state index in [9.17, 15) is 35.4 Å². The second-order valence-corrected chi connectivity index (χ2v) is 21.3. The zero-order valence-corrected chi connectivity index (χ0v) is 45.2. The number of carbonyl (C=O) groups is 1. The van der Waals surface area contributed by atoms with Gasteiger partial charge in [-0.15, -0.1) is 0 Å². The highest BCUT2D eigenvalue weighted by Crippen LogP contribution is 2.23. The van der Waals surface area contributed by atoms with Gasteiger partial charge < -0.3 is 45.4 Å². The van der Waals surface area contributed by atoms with Crippen LogP contribution in [0.25, 0.3) is 0 Å². The summed E-state index contributed by atoms with van der Waals surface area (Å²) >= 11 is 0. The van der Waals surface area contributed by atoms with Gasteiger partial charge in [0.05, 0.1) is 25.4 Å². The first kappa shape index (κ1) is 65.9. The molecule has 1 heterocycles. The lowest BCUT2D eigenvalue weighted by molar-refractivity contribution is -0.302. The molecule has 0 radical (unpaired) electrons. The van der Waals surface area contributed by atoms with Crippen LogP contribution in [0.5, 0.6) is 0 Å². The Morgan fingerprint density at radius 2 is 0.812 bits per heavy atom. The Morgan fingerprint density at radius 1 is 0.478 bits per heavy atom. The smallest absolute Gasteiger partial charge is 0.249 e. The molecule has 1 aliphatic heterocycles. The Balaban J connectivity index is 2.16. The fourth-order valence-corrected chi connectivity index (χ4v) is 9.87. The van der Waals surface area contributed by atoms with E-state index in [2.05, 4.69) is 31.3 Å². The Labute approximate surface area is 425 Å². The van der Waals surface area contributed by atoms with Gasteiger partial charge in [-0.1, -0.05) is 270 Å². The van der Waals surface area contributed by atoms with Gasteiger partial charge in [0.2, 0.25) is 5.91 Å². The Hall–Kier alpha value is -1.11. The molecule has 8 atom stereocenters. The summed E-state index contributed by atoms with van der Waals surface area (Å²) in [5.41, 5.74) is 0. The van der Waals surface area contributed by atoms with Gasteiger partial charge >= 0.3 is 0 Å². The van der Waals surface area contributed by atoms with Crippen molar-refractivity contribution in [2.75, 3.05) is 13.2 Å². The van der Waals surface area contributed by atoms with E-state index in [-0.39, 0.29) is 6.61 Å². The van der Waals surface area contributed by atoms with Crippen LogP contribution in [0.4, 0.5) is 0 Å². The second-order valence-electron chi connectivity index (χ2n) is 21.3. The number of aliphatic hydroxyl groups is 6. The van der Waals surface area contributed by atoms with Crippen LogP contribution >= 0.6 is 0 Å². The van der Waals surface area contributed by atoms with E-state index in [0.29, 0.717) is 12.8 Å². The quantitative estimate of drug-likeness (QED) is 0.0232. The molecule has 410 valence electrons. The van der Waals surface area contributed by atoms with Gasteiger partial charge in [-0.2, -0.15) is 0 Å². The average molecular weight is 983 g/mol. The summed E-state index contributed by atoms with van der Waals surface area (Å²) in [6.07, 6.45) is 50.0. The number of unbranched alkanes of at least 4 members (excludes halogenated alkanes) is 39. The molecule has 1 amide bonds. The second kappa shape index (κ2) is 49.1. The van der Waals surface area contributed by atoms with Crippen LogP contribution in [0.1, 0.15) is 296 Å². The van der Waals surface area contributed by atoms with Gasteiger partial charge in [0.1, 0.15) is 30.5 Å². The number of amides is 1. The van der Waals surface area contributed by atoms with Crippen LogP contribution in [0.2, 0.25) is 0 Å². The number of allylic oxidation sites excluding steroid dienone is 2. The lowest BCUT2D eigenvalue weighted by Gasteiger charge is -2.40. The van der Waals surface area contributed by atoms with Crippen molar-refractivity contribution < 1.29 is 44.9 Å². The van der Waals surface area contributed by atoms with Gasteiger partial charge in [-0.05, 0) is 38.5 Å². The van der Waals surface area contributed by atoms with Crippen LogP contribution in [0.15, 0.2) is 12.2 Å². The van der Waals surface area contributed by atoms with Gasteiger partial charge in [0, 0.05) is 0 Å². The Morgan fingerprint density at radius 3 is 1.17 bits per heavy atom. The van der Waals surface area contributed by atoms with Crippen molar-refractivity contribution in [3.8, 4) is 0 Å². The minimum atomic E-state index is -1.59. The third-order valence-corrected chi connectivity index (χ3v) is 14.7. The van der Waals surface area contributed by atoms with E-state index in [0.717, 1.165) is 44.9 Å². The molecule has 1 saturated heterocycles. The largest absolute Gasteiger partial charge is 0.394 e. The number of rotatable bonds is 52. The van der Waals surface area contributed by atoms with Crippen molar-refractivity contribution >= 4 is 5.91 Å². The highest BCUT2D eigenvalue weighted by atomic mass is 16.7. The molecule has 0 aromatic heterocycles. The third kappa shape index (κ3) is 38.2. The summed E-state index contributed by atoms with van der Waals surface area (Å²) in [5.74, 6) is -0.579. The maximum absolute atomic E-state index is 13.1. The maximum atomic E-state index is 13.1. The predicted octanol–water partition coefficient (Wildman–Crippen LogP) is 13.8. The van der Waals surface area contributed by atoms with Crippen LogP contribution in [0.3, 0.4) is 0 Å². The molecule has 0 aromatic rings. The molecule has 69 heavy (non-hydrogen) atoms. The number of carbonyl (C=O) groups excluding carboxylic acids is 1. The minimum absolute atomic E-state index is 0.251. The van der Waals surface area contributed by atoms with Crippen LogP contribution in [0, 0.1) is 0 Å². The predicted molar refractivity (Wildman–Crippen MR) is 287 cm³/mol. The summed E-state index contributed by atoms with van der Waals surface area (Å²) in [6.45, 7) is 3.71. The molecule has 0 bridgehead atoms. The van der Waals surface area contributed by atoms with Crippen molar-refractivity contribution in [3.05, 3.63) is 12.2 Å². The SMILES string of the molecule is CCCCCCCCCCCCCC/C=C\CCCCCCCCCCCCCCCCC(O)C(=O)NC(COC1OC(CO)C(O)C(O)C1O)C(O)CCCCCCCCCCCCCCCC. The Kier molecular flexibility index (Phi) is 46.9. The fourth-order valence-electron chi connectivity index (χ4n) is 9.87. The van der Waals surface area contributed by atoms with Gasteiger partial charge in [-0.3, -0.25) is 4.79 Å². The van der Waals surface area contributed by atoms with E-state index in [1.54, 1.807) is 0 Å². The monoisotopic (exact) mass is 982 g/mol. The molecule has 7 N–H and O–H groups in total. The molecule has 0 saturated carbocycles. The van der Waals surface area contributed by atoms with Crippen LogP contribution in [-0.2, 0) is 14.3 Å². The lowest BCUT2D eigenvalue weighted by atomic mass is 9.99. The van der Waals surface area contributed by atoms with Crippen LogP contribution in [-0.4, -0.2) is 98.7 Å². The van der Waals surface area contributed by atoms with Crippen molar-refractivity contribution in [2.24, 2.45) is 0 Å². The van der Waals surface area contributed by atoms with Crippen molar-refractivity contribution in [3.63, 3.8) is 0 Å². The molecular formula is C59H115NO9. The third-order valence-electron chi connectivity index (χ3n) is 14.7. The number of nitrogens with one attached hydrogen (secondary N) is 1. The topological polar surface area (TPSA) is 169 Å². The van der Waals surface area contributed by atoms with E-state index in [4.69, 9.17) is 9.47 Å². The summed E-state index contributed by atoms with van der Waals surface area (Å²) in [7, 11) is 0. The minimum Gasteiger partial charge on any atom is -0.394 e. The number of hydrogen-bond donors (Lipinski definition) is 7. The van der Waals surface area contributed by atoms with Crippen LogP contribution < -0.4 is 5.32 Å². The molecule has 8 unspecified atom stereocenters. The molecule has 1 rings (SSSR count). The average Bonchev–Trinajstić information content (AvgIpc) is 3.35. The van der Waals surface area contributed by atoms with Gasteiger partial charge in [0.15, 0.2) is 6.29 Å². The van der Waals surface area contributed by atoms with E-state index < -0.39 is 61.5 Å². The van der Waals surface area contributed by atoms with Gasteiger partial charge in [0.25, 0.3) is 0 Å². The van der Waals surface area contributed by atoms with Crippen molar-refractivity contribution in [1.82, 2.24) is 5.32 Å². The first-order valence-electron chi connectivity index (χ1n) is 30.0.